The maximum atomic E-state index is 13.5. The first-order valence-electron chi connectivity index (χ1n) is 7.12. The Morgan fingerprint density at radius 3 is 2.30 bits per heavy atom. The molecule has 0 aliphatic rings. The zero-order valence-corrected chi connectivity index (χ0v) is 13.3. The number of likely N-dealkylation sites (N-methyl/N-ethyl adjacent to an activating group) is 1. The van der Waals surface area contributed by atoms with Gasteiger partial charge in [0.05, 0.1) is 18.8 Å². The Bertz CT molecular complexity index is 579. The predicted molar refractivity (Wildman–Crippen MR) is 80.4 cm³/mol. The van der Waals surface area contributed by atoms with Crippen LogP contribution in [0.15, 0.2) is 12.1 Å². The molecule has 0 saturated carbocycles. The Labute approximate surface area is 133 Å². The van der Waals surface area contributed by atoms with Crippen LogP contribution in [-0.2, 0) is 9.59 Å². The van der Waals surface area contributed by atoms with Crippen molar-refractivity contribution in [1.29, 1.82) is 0 Å². The van der Waals surface area contributed by atoms with Crippen molar-refractivity contribution in [1.82, 2.24) is 9.80 Å². The van der Waals surface area contributed by atoms with Crippen LogP contribution in [0.1, 0.15) is 13.3 Å². The summed E-state index contributed by atoms with van der Waals surface area (Å²) in [6.07, 6.45) is 0.716. The zero-order valence-electron chi connectivity index (χ0n) is 13.3. The van der Waals surface area contributed by atoms with Crippen LogP contribution < -0.4 is 5.32 Å². The molecule has 0 unspecified atom stereocenters. The second kappa shape index (κ2) is 8.52. The average Bonchev–Trinajstić information content (AvgIpc) is 2.48. The third kappa shape index (κ3) is 5.55. The first-order valence-corrected chi connectivity index (χ1v) is 7.12. The summed E-state index contributed by atoms with van der Waals surface area (Å²) in [7, 11) is 3.20. The lowest BCUT2D eigenvalue weighted by Crippen LogP contribution is -2.41. The fourth-order valence-corrected chi connectivity index (χ4v) is 1.88. The van der Waals surface area contributed by atoms with Gasteiger partial charge in [-0.3, -0.25) is 14.5 Å². The van der Waals surface area contributed by atoms with Crippen molar-refractivity contribution in [2.45, 2.75) is 13.3 Å². The van der Waals surface area contributed by atoms with Crippen molar-refractivity contribution in [2.24, 2.45) is 0 Å². The van der Waals surface area contributed by atoms with Gasteiger partial charge in [-0.1, -0.05) is 6.92 Å². The zero-order chi connectivity index (χ0) is 17.6. The largest absolute Gasteiger partial charge is 0.348 e. The molecule has 0 aromatic heterocycles. The number of hydrogen-bond donors (Lipinski definition) is 1. The molecule has 0 heterocycles. The molecule has 0 saturated heterocycles. The van der Waals surface area contributed by atoms with E-state index in [0.717, 1.165) is 12.1 Å². The number of amides is 2. The maximum absolute atomic E-state index is 13.5. The van der Waals surface area contributed by atoms with E-state index in [0.29, 0.717) is 13.0 Å². The van der Waals surface area contributed by atoms with Gasteiger partial charge in [0.15, 0.2) is 17.5 Å². The molecule has 0 atom stereocenters. The van der Waals surface area contributed by atoms with Crippen LogP contribution in [0.5, 0.6) is 0 Å². The maximum Gasteiger partial charge on any atom is 0.238 e. The van der Waals surface area contributed by atoms with E-state index in [9.17, 15) is 22.8 Å². The van der Waals surface area contributed by atoms with Crippen LogP contribution in [0.25, 0.3) is 0 Å². The lowest BCUT2D eigenvalue weighted by Gasteiger charge is -2.22. The van der Waals surface area contributed by atoms with Crippen molar-refractivity contribution in [3.05, 3.63) is 29.6 Å². The van der Waals surface area contributed by atoms with Crippen LogP contribution in [-0.4, -0.2) is 55.3 Å². The summed E-state index contributed by atoms with van der Waals surface area (Å²) in [6.45, 7) is 2.26. The molecule has 1 rings (SSSR count). The lowest BCUT2D eigenvalue weighted by molar-refractivity contribution is -0.130. The van der Waals surface area contributed by atoms with Crippen LogP contribution in [0.3, 0.4) is 0 Å². The summed E-state index contributed by atoms with van der Waals surface area (Å²) >= 11 is 0. The van der Waals surface area contributed by atoms with Crippen molar-refractivity contribution in [3.8, 4) is 0 Å². The van der Waals surface area contributed by atoms with E-state index < -0.39 is 29.0 Å². The molecule has 0 aliphatic heterocycles. The average molecular weight is 331 g/mol. The standard InChI is InChI=1S/C15H20F3N3O2/c1-4-7-21(9-13(23)20(2)3)8-12(22)19-11-6-5-10(16)14(17)15(11)18/h5-6H,4,7-9H2,1-3H3,(H,19,22). The van der Waals surface area contributed by atoms with Gasteiger partial charge in [-0.25, -0.2) is 13.2 Å². The Balaban J connectivity index is 2.72. The van der Waals surface area contributed by atoms with E-state index in [4.69, 9.17) is 0 Å². The molecular formula is C15H20F3N3O2. The van der Waals surface area contributed by atoms with Gasteiger partial charge in [-0.15, -0.1) is 0 Å². The molecule has 5 nitrogen and oxygen atoms in total. The van der Waals surface area contributed by atoms with Gasteiger partial charge in [0.1, 0.15) is 0 Å². The summed E-state index contributed by atoms with van der Waals surface area (Å²) in [6, 6.07) is 1.67. The highest BCUT2D eigenvalue weighted by Gasteiger charge is 2.18. The Kier molecular flexibility index (Phi) is 7.02. The fraction of sp³-hybridized carbons (Fsp3) is 0.467. The number of rotatable bonds is 7. The smallest absolute Gasteiger partial charge is 0.238 e. The number of nitrogens with zero attached hydrogens (tertiary/aromatic N) is 2. The molecule has 1 N–H and O–H groups in total. The molecule has 0 fully saturated rings. The molecule has 0 radical (unpaired) electrons. The molecule has 1 aromatic carbocycles. The highest BCUT2D eigenvalue weighted by molar-refractivity contribution is 5.92. The van der Waals surface area contributed by atoms with Gasteiger partial charge in [-0.2, -0.15) is 0 Å². The number of hydrogen-bond acceptors (Lipinski definition) is 3. The second-order valence-corrected chi connectivity index (χ2v) is 5.27. The normalized spacial score (nSPS) is 10.7. The Morgan fingerprint density at radius 1 is 1.09 bits per heavy atom. The minimum Gasteiger partial charge on any atom is -0.348 e. The van der Waals surface area contributed by atoms with Crippen LogP contribution in [0.2, 0.25) is 0 Å². The molecule has 128 valence electrons. The quantitative estimate of drug-likeness (QED) is 0.776. The first kappa shape index (κ1) is 19.0. The Hall–Kier alpha value is -2.09. The molecule has 0 aliphatic carbocycles. The van der Waals surface area contributed by atoms with Crippen molar-refractivity contribution >= 4 is 17.5 Å². The highest BCUT2D eigenvalue weighted by atomic mass is 19.2. The fourth-order valence-electron chi connectivity index (χ4n) is 1.88. The number of nitrogens with one attached hydrogen (secondary N) is 1. The van der Waals surface area contributed by atoms with Gasteiger partial charge in [-0.05, 0) is 25.1 Å². The van der Waals surface area contributed by atoms with E-state index >= 15 is 0 Å². The molecule has 8 heteroatoms. The number of anilines is 1. The summed E-state index contributed by atoms with van der Waals surface area (Å²) in [5.74, 6) is -5.22. The predicted octanol–water partition coefficient (Wildman–Crippen LogP) is 1.84. The Morgan fingerprint density at radius 2 is 1.74 bits per heavy atom. The minimum atomic E-state index is -1.64. The third-order valence-electron chi connectivity index (χ3n) is 3.07. The first-order chi connectivity index (χ1) is 10.8. The molecular weight excluding hydrogens is 311 g/mol. The third-order valence-corrected chi connectivity index (χ3v) is 3.07. The SMILES string of the molecule is CCCN(CC(=O)Nc1ccc(F)c(F)c1F)CC(=O)N(C)C. The lowest BCUT2D eigenvalue weighted by atomic mass is 10.2. The molecule has 0 bridgehead atoms. The summed E-state index contributed by atoms with van der Waals surface area (Å²) < 4.78 is 39.5. The van der Waals surface area contributed by atoms with Gasteiger partial charge >= 0.3 is 0 Å². The second-order valence-electron chi connectivity index (χ2n) is 5.27. The van der Waals surface area contributed by atoms with Crippen molar-refractivity contribution in [3.63, 3.8) is 0 Å². The summed E-state index contributed by atoms with van der Waals surface area (Å²) in [5.41, 5.74) is -0.440. The van der Waals surface area contributed by atoms with Crippen LogP contribution in [0.4, 0.5) is 18.9 Å². The van der Waals surface area contributed by atoms with Crippen molar-refractivity contribution in [2.75, 3.05) is 39.0 Å². The van der Waals surface area contributed by atoms with Crippen molar-refractivity contribution < 1.29 is 22.8 Å². The van der Waals surface area contributed by atoms with E-state index in [1.54, 1.807) is 19.0 Å². The van der Waals surface area contributed by atoms with Gasteiger partial charge in [0.2, 0.25) is 11.8 Å². The number of benzene rings is 1. The molecule has 1 aromatic rings. The van der Waals surface area contributed by atoms with Crippen LogP contribution in [0, 0.1) is 17.5 Å². The highest BCUT2D eigenvalue weighted by Crippen LogP contribution is 2.19. The number of halogens is 3. The summed E-state index contributed by atoms with van der Waals surface area (Å²) in [4.78, 5) is 26.6. The van der Waals surface area contributed by atoms with Gasteiger partial charge < -0.3 is 10.2 Å². The van der Waals surface area contributed by atoms with Gasteiger partial charge in [0.25, 0.3) is 0 Å². The number of carbonyl (C=O) groups excluding carboxylic acids is 2. The molecule has 23 heavy (non-hydrogen) atoms. The molecule has 2 amide bonds. The van der Waals surface area contributed by atoms with E-state index in [2.05, 4.69) is 5.32 Å². The summed E-state index contributed by atoms with van der Waals surface area (Å²) in [5, 5.41) is 2.18. The van der Waals surface area contributed by atoms with E-state index in [1.165, 1.54) is 4.90 Å². The number of carbonyl (C=O) groups is 2. The van der Waals surface area contributed by atoms with Gasteiger partial charge in [0, 0.05) is 14.1 Å². The topological polar surface area (TPSA) is 52.7 Å². The van der Waals surface area contributed by atoms with E-state index in [-0.39, 0.29) is 19.0 Å². The minimum absolute atomic E-state index is 0.0362. The van der Waals surface area contributed by atoms with E-state index in [1.807, 2.05) is 6.92 Å². The van der Waals surface area contributed by atoms with Crippen LogP contribution >= 0.6 is 0 Å². The molecule has 0 spiro atoms. The monoisotopic (exact) mass is 331 g/mol.